The molecule has 120 valence electrons. The van der Waals surface area contributed by atoms with Crippen LogP contribution in [0.2, 0.25) is 0 Å². The summed E-state index contributed by atoms with van der Waals surface area (Å²) in [5.41, 5.74) is -2.04. The molecule has 1 N–H and O–H groups in total. The van der Waals surface area contributed by atoms with Crippen LogP contribution in [0.25, 0.3) is 0 Å². The zero-order chi connectivity index (χ0) is 16.0. The third kappa shape index (κ3) is 1.82. The van der Waals surface area contributed by atoms with Gasteiger partial charge in [-0.15, -0.1) is 0 Å². The molecule has 6 nitrogen and oxygen atoms in total. The highest BCUT2D eigenvalue weighted by Crippen LogP contribution is 2.65. The highest BCUT2D eigenvalue weighted by Gasteiger charge is 2.75. The first-order chi connectivity index (χ1) is 10.3. The molecule has 1 aromatic rings. The van der Waals surface area contributed by atoms with Crippen LogP contribution in [-0.4, -0.2) is 33.6 Å². The van der Waals surface area contributed by atoms with E-state index in [9.17, 15) is 9.59 Å². The largest absolute Gasteiger partial charge is 0.448 e. The number of rotatable bonds is 5. The molecule has 0 aromatic carbocycles. The van der Waals surface area contributed by atoms with Crippen molar-refractivity contribution in [3.8, 4) is 0 Å². The van der Waals surface area contributed by atoms with Gasteiger partial charge in [-0.25, -0.2) is 4.98 Å². The maximum absolute atomic E-state index is 12.7. The Morgan fingerprint density at radius 2 is 2.18 bits per heavy atom. The van der Waals surface area contributed by atoms with Crippen molar-refractivity contribution in [3.63, 3.8) is 0 Å². The first-order valence-corrected chi connectivity index (χ1v) is 7.81. The molecule has 1 aliphatic heterocycles. The van der Waals surface area contributed by atoms with Gasteiger partial charge in [0, 0.05) is 30.9 Å². The number of fused-ring (bicyclic) bond motifs is 2. The second kappa shape index (κ2) is 4.83. The topological polar surface area (TPSA) is 73.2 Å². The van der Waals surface area contributed by atoms with E-state index in [1.807, 2.05) is 31.5 Å². The number of carbonyl (C=O) groups excluding carboxylic acids is 2. The second-order valence-corrected chi connectivity index (χ2v) is 7.08. The summed E-state index contributed by atoms with van der Waals surface area (Å²) in [6, 6.07) is 0. The Bertz CT molecular complexity index is 596. The van der Waals surface area contributed by atoms with E-state index in [2.05, 4.69) is 10.3 Å². The first kappa shape index (κ1) is 15.1. The Balaban J connectivity index is 1.61. The van der Waals surface area contributed by atoms with Crippen molar-refractivity contribution in [2.45, 2.75) is 52.2 Å². The minimum atomic E-state index is -1.01. The van der Waals surface area contributed by atoms with Gasteiger partial charge >= 0.3 is 5.97 Å². The summed E-state index contributed by atoms with van der Waals surface area (Å²) in [6.07, 6.45) is 7.51. The van der Waals surface area contributed by atoms with E-state index in [0.29, 0.717) is 19.4 Å². The van der Waals surface area contributed by atoms with Crippen LogP contribution in [0.1, 0.15) is 40.0 Å². The van der Waals surface area contributed by atoms with Crippen LogP contribution >= 0.6 is 0 Å². The molecular formula is C16H23N3O3. The smallest absolute Gasteiger partial charge is 0.313 e. The number of nitrogens with zero attached hydrogens (tertiary/aromatic N) is 2. The van der Waals surface area contributed by atoms with Gasteiger partial charge in [0.2, 0.25) is 0 Å². The Morgan fingerprint density at radius 3 is 2.73 bits per heavy atom. The Labute approximate surface area is 130 Å². The van der Waals surface area contributed by atoms with E-state index in [4.69, 9.17) is 4.74 Å². The average molecular weight is 305 g/mol. The van der Waals surface area contributed by atoms with E-state index < -0.39 is 16.4 Å². The van der Waals surface area contributed by atoms with E-state index in [-0.39, 0.29) is 11.9 Å². The molecule has 6 heteroatoms. The van der Waals surface area contributed by atoms with Crippen LogP contribution in [0.4, 0.5) is 0 Å². The van der Waals surface area contributed by atoms with Gasteiger partial charge in [-0.05, 0) is 26.2 Å². The molecule has 1 aromatic heterocycles. The molecule has 2 bridgehead atoms. The Hall–Kier alpha value is -1.85. The maximum atomic E-state index is 12.7. The summed E-state index contributed by atoms with van der Waals surface area (Å²) in [6.45, 7) is 7.21. The highest BCUT2D eigenvalue weighted by molar-refractivity contribution is 5.96. The zero-order valence-corrected chi connectivity index (χ0v) is 13.4. The van der Waals surface area contributed by atoms with Crippen LogP contribution in [0.5, 0.6) is 0 Å². The molecule has 1 amide bonds. The summed E-state index contributed by atoms with van der Waals surface area (Å²) in [4.78, 5) is 28.8. The van der Waals surface area contributed by atoms with Crippen LogP contribution in [0.15, 0.2) is 18.7 Å². The molecule has 0 spiro atoms. The number of hydrogen-bond acceptors (Lipinski definition) is 4. The highest BCUT2D eigenvalue weighted by atomic mass is 16.6. The molecule has 1 saturated heterocycles. The molecule has 2 atom stereocenters. The maximum Gasteiger partial charge on any atom is 0.313 e. The van der Waals surface area contributed by atoms with Crippen molar-refractivity contribution in [1.29, 1.82) is 0 Å². The van der Waals surface area contributed by atoms with Crippen LogP contribution in [0.3, 0.4) is 0 Å². The fourth-order valence-corrected chi connectivity index (χ4v) is 3.77. The van der Waals surface area contributed by atoms with E-state index in [0.717, 1.165) is 13.0 Å². The molecule has 22 heavy (non-hydrogen) atoms. The Morgan fingerprint density at radius 1 is 1.41 bits per heavy atom. The van der Waals surface area contributed by atoms with Crippen molar-refractivity contribution in [2.24, 2.45) is 10.8 Å². The van der Waals surface area contributed by atoms with Crippen molar-refractivity contribution in [2.75, 3.05) is 6.54 Å². The third-order valence-electron chi connectivity index (χ3n) is 5.89. The van der Waals surface area contributed by atoms with Gasteiger partial charge in [0.25, 0.3) is 5.91 Å². The zero-order valence-electron chi connectivity index (χ0n) is 13.4. The molecular weight excluding hydrogens is 282 g/mol. The van der Waals surface area contributed by atoms with Gasteiger partial charge in [-0.1, -0.05) is 13.8 Å². The minimum Gasteiger partial charge on any atom is -0.448 e. The standard InChI is InChI=1S/C16H23N3O3/c1-14(2)15(3)5-6-16(14,22-13(15)21)12(20)18-7-4-9-19-10-8-17-11-19/h8,10-11H,4-7,9H2,1-3H3,(H,18,20)/t15-,16+/m1/s1. The van der Waals surface area contributed by atoms with E-state index in [1.165, 1.54) is 0 Å². The lowest BCUT2D eigenvalue weighted by atomic mass is 9.66. The van der Waals surface area contributed by atoms with Crippen molar-refractivity contribution < 1.29 is 14.3 Å². The fraction of sp³-hybridized carbons (Fsp3) is 0.688. The van der Waals surface area contributed by atoms with Crippen molar-refractivity contribution >= 4 is 11.9 Å². The molecule has 2 fully saturated rings. The normalized spacial score (nSPS) is 32.0. The van der Waals surface area contributed by atoms with Gasteiger partial charge in [-0.2, -0.15) is 0 Å². The fourth-order valence-electron chi connectivity index (χ4n) is 3.77. The SMILES string of the molecule is CC1(C)[C@@]2(C(=O)NCCCn3ccnc3)CC[C@]1(C)C(=O)O2. The molecule has 0 unspecified atom stereocenters. The number of imidazole rings is 1. The average Bonchev–Trinajstić information content (AvgIpc) is 3.08. The van der Waals surface area contributed by atoms with Crippen LogP contribution < -0.4 is 5.32 Å². The van der Waals surface area contributed by atoms with Gasteiger partial charge in [-0.3, -0.25) is 9.59 Å². The summed E-state index contributed by atoms with van der Waals surface area (Å²) >= 11 is 0. The number of carbonyl (C=O) groups is 2. The molecule has 2 aliphatic rings. The lowest BCUT2D eigenvalue weighted by Gasteiger charge is -2.35. The van der Waals surface area contributed by atoms with Crippen molar-refractivity contribution in [3.05, 3.63) is 18.7 Å². The molecule has 1 saturated carbocycles. The van der Waals surface area contributed by atoms with Gasteiger partial charge in [0.1, 0.15) is 0 Å². The number of aromatic nitrogens is 2. The number of hydrogen-bond donors (Lipinski definition) is 1. The molecule has 2 heterocycles. The summed E-state index contributed by atoms with van der Waals surface area (Å²) in [5, 5.41) is 2.95. The molecule has 3 rings (SSSR count). The molecule has 1 aliphatic carbocycles. The number of nitrogens with one attached hydrogen (secondary N) is 1. The predicted molar refractivity (Wildman–Crippen MR) is 79.8 cm³/mol. The minimum absolute atomic E-state index is 0.155. The van der Waals surface area contributed by atoms with Crippen LogP contribution in [-0.2, 0) is 20.9 Å². The Kier molecular flexibility index (Phi) is 3.30. The number of ether oxygens (including phenoxy) is 1. The van der Waals surface area contributed by atoms with E-state index >= 15 is 0 Å². The summed E-state index contributed by atoms with van der Waals surface area (Å²) in [5.74, 6) is -0.393. The monoisotopic (exact) mass is 305 g/mol. The number of amides is 1. The molecule has 0 radical (unpaired) electrons. The first-order valence-electron chi connectivity index (χ1n) is 7.81. The number of esters is 1. The lowest BCUT2D eigenvalue weighted by Crippen LogP contribution is -2.53. The summed E-state index contributed by atoms with van der Waals surface area (Å²) in [7, 11) is 0. The number of aryl methyl sites for hydroxylation is 1. The van der Waals surface area contributed by atoms with Gasteiger partial charge in [0.05, 0.1) is 11.7 Å². The van der Waals surface area contributed by atoms with Crippen LogP contribution in [0, 0.1) is 10.8 Å². The summed E-state index contributed by atoms with van der Waals surface area (Å²) < 4.78 is 7.53. The predicted octanol–water partition coefficient (Wildman–Crippen LogP) is 1.51. The van der Waals surface area contributed by atoms with E-state index in [1.54, 1.807) is 12.5 Å². The third-order valence-corrected chi connectivity index (χ3v) is 5.89. The van der Waals surface area contributed by atoms with Gasteiger partial charge < -0.3 is 14.6 Å². The van der Waals surface area contributed by atoms with Gasteiger partial charge in [0.15, 0.2) is 5.60 Å². The lowest BCUT2D eigenvalue weighted by molar-refractivity contribution is -0.168. The second-order valence-electron chi connectivity index (χ2n) is 7.08. The van der Waals surface area contributed by atoms with Crippen molar-refractivity contribution in [1.82, 2.24) is 14.9 Å². The quantitative estimate of drug-likeness (QED) is 0.661.